The molecule has 0 radical (unpaired) electrons. The Kier molecular flexibility index (Phi) is 5.34. The molecule has 2 amide bonds. The van der Waals surface area contributed by atoms with Gasteiger partial charge in [0.05, 0.1) is 24.9 Å². The Hall–Kier alpha value is -3.12. The van der Waals surface area contributed by atoms with Crippen molar-refractivity contribution in [1.82, 2.24) is 4.57 Å². The highest BCUT2D eigenvalue weighted by Crippen LogP contribution is 2.35. The highest BCUT2D eigenvalue weighted by molar-refractivity contribution is 6.32. The second-order valence-electron chi connectivity index (χ2n) is 5.40. The number of ether oxygens (including phenoxy) is 2. The maximum absolute atomic E-state index is 12.3. The van der Waals surface area contributed by atoms with Gasteiger partial charge in [-0.25, -0.2) is 4.79 Å². The number of carbonyl (C=O) groups is 1. The molecule has 2 N–H and O–H groups in total. The van der Waals surface area contributed by atoms with Gasteiger partial charge in [0, 0.05) is 35.9 Å². The van der Waals surface area contributed by atoms with Crippen LogP contribution < -0.4 is 20.1 Å². The quantitative estimate of drug-likeness (QED) is 0.677. The molecule has 0 unspecified atom stereocenters. The molecule has 0 bridgehead atoms. The zero-order valence-corrected chi connectivity index (χ0v) is 15.1. The smallest absolute Gasteiger partial charge is 0.323 e. The summed E-state index contributed by atoms with van der Waals surface area (Å²) >= 11 is 6.07. The Morgan fingerprint density at radius 1 is 0.962 bits per heavy atom. The molecule has 2 aromatic carbocycles. The molecule has 1 aromatic heterocycles. The van der Waals surface area contributed by atoms with Crippen LogP contribution in [-0.2, 0) is 0 Å². The number of aromatic nitrogens is 1. The van der Waals surface area contributed by atoms with Crippen LogP contribution in [0.15, 0.2) is 60.9 Å². The first-order valence-corrected chi connectivity index (χ1v) is 8.21. The van der Waals surface area contributed by atoms with Crippen LogP contribution in [0.4, 0.5) is 16.2 Å². The second kappa shape index (κ2) is 7.84. The van der Waals surface area contributed by atoms with E-state index in [9.17, 15) is 4.79 Å². The van der Waals surface area contributed by atoms with Crippen LogP contribution in [0.2, 0.25) is 5.02 Å². The number of nitrogens with one attached hydrogen (secondary N) is 2. The molecular weight excluding hydrogens is 354 g/mol. The third kappa shape index (κ3) is 3.92. The molecule has 0 saturated carbocycles. The number of methoxy groups -OCH3 is 2. The van der Waals surface area contributed by atoms with Gasteiger partial charge in [0.1, 0.15) is 11.5 Å². The fourth-order valence-corrected chi connectivity index (χ4v) is 2.70. The Morgan fingerprint density at radius 3 is 2.23 bits per heavy atom. The third-order valence-electron chi connectivity index (χ3n) is 3.75. The van der Waals surface area contributed by atoms with E-state index >= 15 is 0 Å². The molecular formula is C19H18ClN3O3. The van der Waals surface area contributed by atoms with E-state index in [1.165, 1.54) is 14.2 Å². The maximum Gasteiger partial charge on any atom is 0.323 e. The summed E-state index contributed by atoms with van der Waals surface area (Å²) in [5.74, 6) is 0.882. The average molecular weight is 372 g/mol. The maximum atomic E-state index is 12.3. The molecule has 0 atom stereocenters. The SMILES string of the molecule is COc1cc(NC(=O)Nc2ccc(-n3cccc3)cc2)c(OC)cc1Cl. The van der Waals surface area contributed by atoms with E-state index < -0.39 is 6.03 Å². The van der Waals surface area contributed by atoms with Gasteiger partial charge in [0.25, 0.3) is 0 Å². The number of rotatable bonds is 5. The average Bonchev–Trinajstić information content (AvgIpc) is 3.18. The Morgan fingerprint density at radius 2 is 1.62 bits per heavy atom. The van der Waals surface area contributed by atoms with Crippen molar-refractivity contribution in [3.05, 3.63) is 65.9 Å². The monoisotopic (exact) mass is 371 g/mol. The summed E-state index contributed by atoms with van der Waals surface area (Å²) in [6.45, 7) is 0. The molecule has 3 aromatic rings. The summed E-state index contributed by atoms with van der Waals surface area (Å²) in [6, 6.07) is 14.2. The molecule has 0 aliphatic heterocycles. The number of benzene rings is 2. The van der Waals surface area contributed by atoms with E-state index in [4.69, 9.17) is 21.1 Å². The minimum atomic E-state index is -0.401. The van der Waals surface area contributed by atoms with Gasteiger partial charge >= 0.3 is 6.03 Å². The van der Waals surface area contributed by atoms with Crippen molar-refractivity contribution < 1.29 is 14.3 Å². The molecule has 1 heterocycles. The van der Waals surface area contributed by atoms with Crippen molar-refractivity contribution >= 4 is 29.0 Å². The van der Waals surface area contributed by atoms with Crippen LogP contribution in [0, 0.1) is 0 Å². The number of carbonyl (C=O) groups excluding carboxylic acids is 1. The number of amides is 2. The lowest BCUT2D eigenvalue weighted by Crippen LogP contribution is -2.19. The molecule has 134 valence electrons. The first-order valence-electron chi connectivity index (χ1n) is 7.83. The van der Waals surface area contributed by atoms with Crippen molar-refractivity contribution in [2.45, 2.75) is 0 Å². The number of nitrogens with zero attached hydrogens (tertiary/aromatic N) is 1. The molecule has 26 heavy (non-hydrogen) atoms. The van der Waals surface area contributed by atoms with Crippen LogP contribution in [0.25, 0.3) is 5.69 Å². The van der Waals surface area contributed by atoms with Crippen molar-refractivity contribution in [2.24, 2.45) is 0 Å². The Balaban J connectivity index is 1.71. The molecule has 0 aliphatic rings. The second-order valence-corrected chi connectivity index (χ2v) is 5.81. The molecule has 6 nitrogen and oxygen atoms in total. The van der Waals surface area contributed by atoms with Gasteiger partial charge in [-0.1, -0.05) is 11.6 Å². The van der Waals surface area contributed by atoms with E-state index in [-0.39, 0.29) is 0 Å². The minimum absolute atomic E-state index is 0.399. The summed E-state index contributed by atoms with van der Waals surface area (Å²) in [5, 5.41) is 5.91. The van der Waals surface area contributed by atoms with E-state index in [0.717, 1.165) is 5.69 Å². The number of urea groups is 1. The third-order valence-corrected chi connectivity index (χ3v) is 4.05. The van der Waals surface area contributed by atoms with Crippen molar-refractivity contribution in [2.75, 3.05) is 24.9 Å². The lowest BCUT2D eigenvalue weighted by molar-refractivity contribution is 0.262. The van der Waals surface area contributed by atoms with E-state index in [1.54, 1.807) is 12.1 Å². The normalized spacial score (nSPS) is 10.3. The van der Waals surface area contributed by atoms with Gasteiger partial charge in [0.15, 0.2) is 0 Å². The van der Waals surface area contributed by atoms with Crippen molar-refractivity contribution in [3.63, 3.8) is 0 Å². The van der Waals surface area contributed by atoms with Crippen LogP contribution in [0.5, 0.6) is 11.5 Å². The number of hydrogen-bond acceptors (Lipinski definition) is 3. The van der Waals surface area contributed by atoms with Crippen LogP contribution in [0.3, 0.4) is 0 Å². The highest BCUT2D eigenvalue weighted by Gasteiger charge is 2.12. The van der Waals surface area contributed by atoms with Gasteiger partial charge in [-0.2, -0.15) is 0 Å². The summed E-state index contributed by atoms with van der Waals surface area (Å²) in [5.41, 5.74) is 2.12. The minimum Gasteiger partial charge on any atom is -0.495 e. The standard InChI is InChI=1S/C19H18ClN3O3/c1-25-17-12-16(18(26-2)11-15(17)20)22-19(24)21-13-5-7-14(8-6-13)23-9-3-4-10-23/h3-12H,1-2H3,(H2,21,22,24). The van der Waals surface area contributed by atoms with Gasteiger partial charge in [0.2, 0.25) is 0 Å². The summed E-state index contributed by atoms with van der Waals surface area (Å²) < 4.78 is 12.4. The largest absolute Gasteiger partial charge is 0.495 e. The molecule has 7 heteroatoms. The Bertz CT molecular complexity index is 893. The zero-order valence-electron chi connectivity index (χ0n) is 14.3. The topological polar surface area (TPSA) is 64.5 Å². The molecule has 0 aliphatic carbocycles. The van der Waals surface area contributed by atoms with Gasteiger partial charge in [-0.05, 0) is 36.4 Å². The fourth-order valence-electron chi connectivity index (χ4n) is 2.47. The zero-order chi connectivity index (χ0) is 18.5. The van der Waals surface area contributed by atoms with Crippen LogP contribution >= 0.6 is 11.6 Å². The summed E-state index contributed by atoms with van der Waals surface area (Å²) in [4.78, 5) is 12.3. The summed E-state index contributed by atoms with van der Waals surface area (Å²) in [6.07, 6.45) is 3.91. The molecule has 0 saturated heterocycles. The lowest BCUT2D eigenvalue weighted by atomic mass is 10.2. The first kappa shape index (κ1) is 17.7. The Labute approximate surface area is 156 Å². The van der Waals surface area contributed by atoms with Crippen LogP contribution in [-0.4, -0.2) is 24.8 Å². The van der Waals surface area contributed by atoms with Crippen LogP contribution in [0.1, 0.15) is 0 Å². The molecule has 0 fully saturated rings. The van der Waals surface area contributed by atoms with Gasteiger partial charge in [-0.3, -0.25) is 0 Å². The summed E-state index contributed by atoms with van der Waals surface area (Å²) in [7, 11) is 3.00. The predicted octanol–water partition coefficient (Wildman–Crippen LogP) is 4.79. The lowest BCUT2D eigenvalue weighted by Gasteiger charge is -2.14. The van der Waals surface area contributed by atoms with E-state index in [1.807, 2.05) is 53.4 Å². The fraction of sp³-hybridized carbons (Fsp3) is 0.105. The number of hydrogen-bond donors (Lipinski definition) is 2. The van der Waals surface area contributed by atoms with E-state index in [2.05, 4.69) is 10.6 Å². The predicted molar refractivity (Wildman–Crippen MR) is 103 cm³/mol. The number of anilines is 2. The highest BCUT2D eigenvalue weighted by atomic mass is 35.5. The van der Waals surface area contributed by atoms with Gasteiger partial charge in [-0.15, -0.1) is 0 Å². The molecule has 3 rings (SSSR count). The van der Waals surface area contributed by atoms with Crippen molar-refractivity contribution in [1.29, 1.82) is 0 Å². The molecule has 0 spiro atoms. The van der Waals surface area contributed by atoms with E-state index in [0.29, 0.717) is 27.9 Å². The first-order chi connectivity index (χ1) is 12.6. The number of halogens is 1. The van der Waals surface area contributed by atoms with Crippen molar-refractivity contribution in [3.8, 4) is 17.2 Å². The van der Waals surface area contributed by atoms with Gasteiger partial charge < -0.3 is 24.7 Å².